The van der Waals surface area contributed by atoms with Gasteiger partial charge in [-0.15, -0.1) is 13.2 Å². The highest BCUT2D eigenvalue weighted by atomic mass is 79.9. The SMILES string of the molecule is CC1(C)NC(=O)c2cc(-c3nc(Nc4cc(Br)c(C#N)cc4OC(F)(F)F)ncc3F)ccc21. The molecule has 2 aromatic carbocycles. The fraction of sp³-hybridized carbons (Fsp3) is 0.182. The van der Waals surface area contributed by atoms with Crippen molar-refractivity contribution in [2.45, 2.75) is 25.7 Å². The molecule has 0 saturated carbocycles. The molecule has 2 heterocycles. The van der Waals surface area contributed by atoms with Crippen molar-refractivity contribution < 1.29 is 27.1 Å². The third-order valence-electron chi connectivity index (χ3n) is 5.04. The predicted molar refractivity (Wildman–Crippen MR) is 117 cm³/mol. The molecule has 0 unspecified atom stereocenters. The lowest BCUT2D eigenvalue weighted by molar-refractivity contribution is -0.274. The van der Waals surface area contributed by atoms with Crippen LogP contribution in [0.2, 0.25) is 0 Å². The highest BCUT2D eigenvalue weighted by Gasteiger charge is 2.35. The fourth-order valence-electron chi connectivity index (χ4n) is 3.54. The first-order valence-corrected chi connectivity index (χ1v) is 10.4. The monoisotopic (exact) mass is 535 g/mol. The molecular weight excluding hydrogens is 522 g/mol. The summed E-state index contributed by atoms with van der Waals surface area (Å²) in [5.74, 6) is -2.04. The summed E-state index contributed by atoms with van der Waals surface area (Å²) >= 11 is 3.10. The zero-order chi connectivity index (χ0) is 24.8. The molecule has 2 N–H and O–H groups in total. The molecule has 7 nitrogen and oxygen atoms in total. The molecule has 3 aromatic rings. The molecular formula is C22H14BrF4N5O2. The Balaban J connectivity index is 1.74. The molecule has 1 aliphatic heterocycles. The summed E-state index contributed by atoms with van der Waals surface area (Å²) in [6, 6.07) is 8.59. The maximum Gasteiger partial charge on any atom is 0.573 e. The molecule has 174 valence electrons. The van der Waals surface area contributed by atoms with Gasteiger partial charge >= 0.3 is 6.36 Å². The van der Waals surface area contributed by atoms with Crippen LogP contribution in [0.5, 0.6) is 5.75 Å². The molecule has 0 radical (unpaired) electrons. The first kappa shape index (κ1) is 23.4. The number of benzene rings is 2. The number of carbonyl (C=O) groups excluding carboxylic acids is 1. The minimum Gasteiger partial charge on any atom is -0.404 e. The van der Waals surface area contributed by atoms with Crippen LogP contribution in [-0.2, 0) is 5.54 Å². The van der Waals surface area contributed by atoms with Crippen LogP contribution in [0.25, 0.3) is 11.3 Å². The Morgan fingerprint density at radius 1 is 1.24 bits per heavy atom. The van der Waals surface area contributed by atoms with Crippen molar-refractivity contribution >= 4 is 33.5 Å². The number of hydrogen-bond donors (Lipinski definition) is 2. The van der Waals surface area contributed by atoms with Crippen molar-refractivity contribution in [3.8, 4) is 23.1 Å². The van der Waals surface area contributed by atoms with E-state index in [1.54, 1.807) is 18.2 Å². The van der Waals surface area contributed by atoms with E-state index in [1.807, 2.05) is 13.8 Å². The zero-order valence-corrected chi connectivity index (χ0v) is 19.1. The van der Waals surface area contributed by atoms with Gasteiger partial charge < -0.3 is 15.4 Å². The minimum absolute atomic E-state index is 0.0927. The van der Waals surface area contributed by atoms with Gasteiger partial charge in [0.2, 0.25) is 5.95 Å². The van der Waals surface area contributed by atoms with Crippen molar-refractivity contribution in [3.05, 3.63) is 63.5 Å². The standard InChI is InChI=1S/C22H14BrF4N5O2/c1-21(2)13-4-3-10(5-12(13)19(33)32-21)18-15(24)9-29-20(31-18)30-16-7-14(23)11(8-28)6-17(16)34-22(25,26)27/h3-7,9H,1-2H3,(H,32,33)(H,29,30,31). The molecule has 0 aliphatic carbocycles. The normalized spacial score (nSPS) is 14.2. The van der Waals surface area contributed by atoms with Gasteiger partial charge in [0, 0.05) is 21.7 Å². The highest BCUT2D eigenvalue weighted by molar-refractivity contribution is 9.10. The van der Waals surface area contributed by atoms with Gasteiger partial charge in [0.25, 0.3) is 5.91 Å². The van der Waals surface area contributed by atoms with Crippen molar-refractivity contribution in [1.29, 1.82) is 5.26 Å². The Morgan fingerprint density at radius 3 is 2.65 bits per heavy atom. The van der Waals surface area contributed by atoms with Gasteiger partial charge in [0.05, 0.1) is 23.0 Å². The van der Waals surface area contributed by atoms with E-state index in [2.05, 4.69) is 41.3 Å². The van der Waals surface area contributed by atoms with Crippen molar-refractivity contribution in [2.75, 3.05) is 5.32 Å². The lowest BCUT2D eigenvalue weighted by atomic mass is 9.93. The van der Waals surface area contributed by atoms with Crippen LogP contribution in [0.15, 0.2) is 41.0 Å². The number of nitrogens with zero attached hydrogens (tertiary/aromatic N) is 3. The topological polar surface area (TPSA) is 99.9 Å². The molecule has 0 spiro atoms. The lowest BCUT2D eigenvalue weighted by Gasteiger charge is -2.19. The maximum absolute atomic E-state index is 14.6. The highest BCUT2D eigenvalue weighted by Crippen LogP contribution is 2.37. The average molecular weight is 536 g/mol. The Labute approximate surface area is 198 Å². The summed E-state index contributed by atoms with van der Waals surface area (Å²) in [5, 5.41) is 14.5. The van der Waals surface area contributed by atoms with E-state index in [1.165, 1.54) is 12.1 Å². The van der Waals surface area contributed by atoms with Gasteiger partial charge in [-0.25, -0.2) is 14.4 Å². The number of alkyl halides is 3. The number of nitrogens with one attached hydrogen (secondary N) is 2. The molecule has 34 heavy (non-hydrogen) atoms. The summed E-state index contributed by atoms with van der Waals surface area (Å²) in [5.41, 5.74) is 0.337. The van der Waals surface area contributed by atoms with E-state index in [9.17, 15) is 22.4 Å². The summed E-state index contributed by atoms with van der Waals surface area (Å²) < 4.78 is 57.4. The van der Waals surface area contributed by atoms with Gasteiger partial charge in [-0.2, -0.15) is 5.26 Å². The molecule has 4 rings (SSSR count). The Hall–Kier alpha value is -3.72. The number of ether oxygens (including phenoxy) is 1. The second-order valence-corrected chi connectivity index (χ2v) is 8.70. The van der Waals surface area contributed by atoms with Crippen LogP contribution in [0.4, 0.5) is 29.2 Å². The van der Waals surface area contributed by atoms with Crippen LogP contribution in [0, 0.1) is 17.1 Å². The van der Waals surface area contributed by atoms with E-state index in [4.69, 9.17) is 5.26 Å². The first-order chi connectivity index (χ1) is 15.9. The summed E-state index contributed by atoms with van der Waals surface area (Å²) in [7, 11) is 0. The van der Waals surface area contributed by atoms with Crippen molar-refractivity contribution in [1.82, 2.24) is 15.3 Å². The van der Waals surface area contributed by atoms with E-state index in [0.717, 1.165) is 17.8 Å². The summed E-state index contributed by atoms with van der Waals surface area (Å²) in [6.45, 7) is 3.67. The summed E-state index contributed by atoms with van der Waals surface area (Å²) in [6.07, 6.45) is -4.17. The third-order valence-corrected chi connectivity index (χ3v) is 5.70. The number of rotatable bonds is 4. The molecule has 0 atom stereocenters. The van der Waals surface area contributed by atoms with E-state index < -0.39 is 23.5 Å². The fourth-order valence-corrected chi connectivity index (χ4v) is 3.97. The Morgan fingerprint density at radius 2 is 1.97 bits per heavy atom. The van der Waals surface area contributed by atoms with Crippen LogP contribution in [-0.4, -0.2) is 22.2 Å². The van der Waals surface area contributed by atoms with E-state index >= 15 is 0 Å². The van der Waals surface area contributed by atoms with Crippen molar-refractivity contribution in [3.63, 3.8) is 0 Å². The predicted octanol–water partition coefficient (Wildman–Crippen LogP) is 5.54. The number of halogens is 5. The Kier molecular flexibility index (Phi) is 5.69. The van der Waals surface area contributed by atoms with E-state index in [0.29, 0.717) is 5.56 Å². The van der Waals surface area contributed by atoms with Gasteiger partial charge in [-0.05, 0) is 47.5 Å². The van der Waals surface area contributed by atoms with Gasteiger partial charge in [0.15, 0.2) is 11.6 Å². The van der Waals surface area contributed by atoms with E-state index in [-0.39, 0.29) is 38.8 Å². The van der Waals surface area contributed by atoms with Gasteiger partial charge in [-0.1, -0.05) is 12.1 Å². The molecule has 1 amide bonds. The number of carbonyl (C=O) groups is 1. The molecule has 1 aromatic heterocycles. The second-order valence-electron chi connectivity index (χ2n) is 7.84. The number of amides is 1. The van der Waals surface area contributed by atoms with Crippen LogP contribution >= 0.6 is 15.9 Å². The first-order valence-electron chi connectivity index (χ1n) is 9.64. The molecule has 1 aliphatic rings. The number of hydrogen-bond acceptors (Lipinski definition) is 6. The number of fused-ring (bicyclic) bond motifs is 1. The largest absolute Gasteiger partial charge is 0.573 e. The zero-order valence-electron chi connectivity index (χ0n) is 17.5. The quantitative estimate of drug-likeness (QED) is 0.425. The minimum atomic E-state index is -5.02. The maximum atomic E-state index is 14.6. The smallest absolute Gasteiger partial charge is 0.404 e. The molecule has 0 bridgehead atoms. The number of aromatic nitrogens is 2. The van der Waals surface area contributed by atoms with Gasteiger partial charge in [-0.3, -0.25) is 4.79 Å². The van der Waals surface area contributed by atoms with Crippen LogP contribution in [0.3, 0.4) is 0 Å². The number of anilines is 2. The number of nitriles is 1. The third kappa shape index (κ3) is 4.51. The van der Waals surface area contributed by atoms with Crippen LogP contribution < -0.4 is 15.4 Å². The van der Waals surface area contributed by atoms with Crippen molar-refractivity contribution in [2.24, 2.45) is 0 Å². The Bertz CT molecular complexity index is 1370. The van der Waals surface area contributed by atoms with Gasteiger partial charge in [0.1, 0.15) is 11.8 Å². The molecule has 0 fully saturated rings. The molecule has 0 saturated heterocycles. The lowest BCUT2D eigenvalue weighted by Crippen LogP contribution is -2.32. The average Bonchev–Trinajstić information content (AvgIpc) is 2.98. The van der Waals surface area contributed by atoms with Crippen LogP contribution in [0.1, 0.15) is 35.3 Å². The summed E-state index contributed by atoms with van der Waals surface area (Å²) in [4.78, 5) is 20.2. The molecule has 12 heteroatoms. The second kappa shape index (κ2) is 8.25.